The van der Waals surface area contributed by atoms with Crippen LogP contribution in [0.3, 0.4) is 0 Å². The Bertz CT molecular complexity index is 352. The number of nitrogens with one attached hydrogen (secondary N) is 1. The number of likely N-dealkylation sites (N-methyl/N-ethyl adjacent to an activating group) is 1. The third-order valence-corrected chi connectivity index (χ3v) is 2.34. The first kappa shape index (κ1) is 12.4. The zero-order chi connectivity index (χ0) is 12.0. The van der Waals surface area contributed by atoms with Gasteiger partial charge in [0.15, 0.2) is 0 Å². The highest BCUT2D eigenvalue weighted by molar-refractivity contribution is 5.81. The number of hydrogen-bond acceptors (Lipinski definition) is 3. The molecule has 4 heteroatoms. The van der Waals surface area contributed by atoms with Gasteiger partial charge in [0, 0.05) is 25.0 Å². The molecule has 1 amide bonds. The van der Waals surface area contributed by atoms with Crippen LogP contribution in [0, 0.1) is 0 Å². The first-order valence-electron chi connectivity index (χ1n) is 5.48. The summed E-state index contributed by atoms with van der Waals surface area (Å²) >= 11 is 0. The molecule has 1 aromatic rings. The average Bonchev–Trinajstić information content (AvgIpc) is 2.28. The Morgan fingerprint density at radius 3 is 2.81 bits per heavy atom. The Morgan fingerprint density at radius 2 is 2.25 bits per heavy atom. The second-order valence-electron chi connectivity index (χ2n) is 3.69. The van der Waals surface area contributed by atoms with Crippen molar-refractivity contribution in [1.29, 1.82) is 0 Å². The highest BCUT2D eigenvalue weighted by Gasteiger charge is 2.09. The molecule has 0 heterocycles. The Labute approximate surface area is 96.4 Å². The van der Waals surface area contributed by atoms with Crippen molar-refractivity contribution in [2.24, 2.45) is 0 Å². The van der Waals surface area contributed by atoms with Gasteiger partial charge in [0.2, 0.25) is 5.91 Å². The van der Waals surface area contributed by atoms with E-state index in [2.05, 4.69) is 12.2 Å². The molecule has 0 saturated carbocycles. The summed E-state index contributed by atoms with van der Waals surface area (Å²) in [4.78, 5) is 13.4. The van der Waals surface area contributed by atoms with E-state index in [9.17, 15) is 4.79 Å². The van der Waals surface area contributed by atoms with Gasteiger partial charge in [-0.1, -0.05) is 13.0 Å². The van der Waals surface area contributed by atoms with Gasteiger partial charge < -0.3 is 16.0 Å². The smallest absolute Gasteiger partial charge is 0.239 e. The number of rotatable bonds is 5. The fraction of sp³-hybridized carbons (Fsp3) is 0.417. The van der Waals surface area contributed by atoms with E-state index >= 15 is 0 Å². The van der Waals surface area contributed by atoms with Crippen molar-refractivity contribution in [2.75, 3.05) is 30.8 Å². The topological polar surface area (TPSA) is 58.4 Å². The first-order chi connectivity index (χ1) is 7.67. The Morgan fingerprint density at radius 1 is 1.50 bits per heavy atom. The molecule has 0 unspecified atom stereocenters. The largest absolute Gasteiger partial charge is 0.399 e. The predicted octanol–water partition coefficient (Wildman–Crippen LogP) is 1.23. The predicted molar refractivity (Wildman–Crippen MR) is 67.4 cm³/mol. The van der Waals surface area contributed by atoms with Gasteiger partial charge in [-0.15, -0.1) is 0 Å². The van der Waals surface area contributed by atoms with E-state index in [1.807, 2.05) is 29.2 Å². The third kappa shape index (κ3) is 3.46. The van der Waals surface area contributed by atoms with E-state index in [1.165, 1.54) is 0 Å². The van der Waals surface area contributed by atoms with Crippen molar-refractivity contribution < 1.29 is 4.79 Å². The first-order valence-corrected chi connectivity index (χ1v) is 5.48. The Hall–Kier alpha value is -1.71. The third-order valence-electron chi connectivity index (χ3n) is 2.34. The molecule has 1 aromatic carbocycles. The van der Waals surface area contributed by atoms with Crippen LogP contribution in [0.5, 0.6) is 0 Å². The molecule has 0 saturated heterocycles. The number of carbonyl (C=O) groups excluding carboxylic acids is 1. The highest BCUT2D eigenvalue weighted by Crippen LogP contribution is 2.17. The fourth-order valence-corrected chi connectivity index (χ4v) is 1.54. The maximum Gasteiger partial charge on any atom is 0.239 e. The SMILES string of the molecule is CCCN(CC(=O)NC)c1cccc(N)c1. The van der Waals surface area contributed by atoms with Crippen LogP contribution in [0.1, 0.15) is 13.3 Å². The van der Waals surface area contributed by atoms with E-state index < -0.39 is 0 Å². The summed E-state index contributed by atoms with van der Waals surface area (Å²) in [5, 5.41) is 2.63. The minimum absolute atomic E-state index is 0.0101. The van der Waals surface area contributed by atoms with Crippen LogP contribution in [0.4, 0.5) is 11.4 Å². The van der Waals surface area contributed by atoms with Crippen LogP contribution < -0.4 is 16.0 Å². The normalized spacial score (nSPS) is 9.88. The molecule has 0 radical (unpaired) electrons. The van der Waals surface area contributed by atoms with E-state index in [0.717, 1.165) is 24.3 Å². The average molecular weight is 221 g/mol. The summed E-state index contributed by atoms with van der Waals surface area (Å²) < 4.78 is 0. The minimum atomic E-state index is 0.0101. The summed E-state index contributed by atoms with van der Waals surface area (Å²) in [6.45, 7) is 3.30. The Balaban J connectivity index is 2.80. The lowest BCUT2D eigenvalue weighted by molar-refractivity contribution is -0.119. The van der Waals surface area contributed by atoms with Gasteiger partial charge in [0.05, 0.1) is 6.54 Å². The van der Waals surface area contributed by atoms with E-state index in [1.54, 1.807) is 7.05 Å². The second kappa shape index (κ2) is 6.00. The molecule has 0 spiro atoms. The minimum Gasteiger partial charge on any atom is -0.399 e. The molecule has 0 aliphatic carbocycles. The number of hydrogen-bond donors (Lipinski definition) is 2. The van der Waals surface area contributed by atoms with E-state index in [-0.39, 0.29) is 5.91 Å². The Kier molecular flexibility index (Phi) is 4.64. The van der Waals surface area contributed by atoms with Crippen molar-refractivity contribution >= 4 is 17.3 Å². The van der Waals surface area contributed by atoms with Crippen LogP contribution >= 0.6 is 0 Å². The van der Waals surface area contributed by atoms with Crippen LogP contribution in [-0.2, 0) is 4.79 Å². The van der Waals surface area contributed by atoms with Gasteiger partial charge in [-0.05, 0) is 24.6 Å². The van der Waals surface area contributed by atoms with Gasteiger partial charge in [0.25, 0.3) is 0 Å². The number of carbonyl (C=O) groups is 1. The van der Waals surface area contributed by atoms with Crippen molar-refractivity contribution in [3.63, 3.8) is 0 Å². The molecular formula is C12H19N3O. The molecule has 0 aliphatic rings. The van der Waals surface area contributed by atoms with Crippen molar-refractivity contribution in [1.82, 2.24) is 5.32 Å². The van der Waals surface area contributed by atoms with Gasteiger partial charge >= 0.3 is 0 Å². The van der Waals surface area contributed by atoms with Gasteiger partial charge in [-0.3, -0.25) is 4.79 Å². The maximum absolute atomic E-state index is 11.4. The number of anilines is 2. The fourth-order valence-electron chi connectivity index (χ4n) is 1.54. The lowest BCUT2D eigenvalue weighted by atomic mass is 10.2. The zero-order valence-electron chi connectivity index (χ0n) is 9.86. The lowest BCUT2D eigenvalue weighted by Gasteiger charge is -2.23. The molecule has 4 nitrogen and oxygen atoms in total. The molecule has 0 aromatic heterocycles. The molecule has 0 atom stereocenters. The van der Waals surface area contributed by atoms with E-state index in [4.69, 9.17) is 5.73 Å². The second-order valence-corrected chi connectivity index (χ2v) is 3.69. The van der Waals surface area contributed by atoms with Crippen LogP contribution in [0.2, 0.25) is 0 Å². The standard InChI is InChI=1S/C12H19N3O/c1-3-7-15(9-12(16)14-2)11-6-4-5-10(13)8-11/h4-6,8H,3,7,9,13H2,1-2H3,(H,14,16). The number of nitrogen functional groups attached to an aromatic ring is 1. The van der Waals surface area contributed by atoms with Crippen LogP contribution in [0.15, 0.2) is 24.3 Å². The summed E-state index contributed by atoms with van der Waals surface area (Å²) in [6.07, 6.45) is 0.992. The van der Waals surface area contributed by atoms with Crippen molar-refractivity contribution in [3.05, 3.63) is 24.3 Å². The number of nitrogens with zero attached hydrogens (tertiary/aromatic N) is 1. The van der Waals surface area contributed by atoms with Gasteiger partial charge in [-0.25, -0.2) is 0 Å². The zero-order valence-corrected chi connectivity index (χ0v) is 9.86. The molecule has 16 heavy (non-hydrogen) atoms. The lowest BCUT2D eigenvalue weighted by Crippen LogP contribution is -2.36. The summed E-state index contributed by atoms with van der Waals surface area (Å²) in [5.41, 5.74) is 7.44. The quantitative estimate of drug-likeness (QED) is 0.735. The van der Waals surface area contributed by atoms with Gasteiger partial charge in [-0.2, -0.15) is 0 Å². The number of nitrogens with two attached hydrogens (primary N) is 1. The summed E-state index contributed by atoms with van der Waals surface area (Å²) in [7, 11) is 1.64. The molecule has 1 rings (SSSR count). The summed E-state index contributed by atoms with van der Waals surface area (Å²) in [5.74, 6) is 0.0101. The molecular weight excluding hydrogens is 202 g/mol. The molecule has 0 bridgehead atoms. The monoisotopic (exact) mass is 221 g/mol. The van der Waals surface area contributed by atoms with Crippen molar-refractivity contribution in [3.8, 4) is 0 Å². The molecule has 0 aliphatic heterocycles. The summed E-state index contributed by atoms with van der Waals surface area (Å²) in [6, 6.07) is 7.60. The molecule has 0 fully saturated rings. The van der Waals surface area contributed by atoms with Crippen LogP contribution in [-0.4, -0.2) is 26.0 Å². The van der Waals surface area contributed by atoms with Gasteiger partial charge in [0.1, 0.15) is 0 Å². The van der Waals surface area contributed by atoms with Crippen molar-refractivity contribution in [2.45, 2.75) is 13.3 Å². The van der Waals surface area contributed by atoms with E-state index in [0.29, 0.717) is 6.54 Å². The highest BCUT2D eigenvalue weighted by atomic mass is 16.1. The molecule has 3 N–H and O–H groups in total. The maximum atomic E-state index is 11.4. The molecule has 88 valence electrons. The number of benzene rings is 1. The van der Waals surface area contributed by atoms with Crippen LogP contribution in [0.25, 0.3) is 0 Å². The number of amides is 1.